The number of thioether (sulfide) groups is 1. The Kier molecular flexibility index (Phi) is 5.33. The van der Waals surface area contributed by atoms with Crippen molar-refractivity contribution in [2.24, 2.45) is 0 Å². The number of hydrogen-bond donors (Lipinski definition) is 0. The lowest BCUT2D eigenvalue weighted by Gasteiger charge is -2.31. The van der Waals surface area contributed by atoms with Crippen molar-refractivity contribution in [3.05, 3.63) is 36.7 Å². The van der Waals surface area contributed by atoms with Crippen LogP contribution in [0.2, 0.25) is 0 Å². The molecule has 1 aromatic carbocycles. The number of rotatable bonds is 5. The van der Waals surface area contributed by atoms with Crippen LogP contribution < -0.4 is 0 Å². The van der Waals surface area contributed by atoms with Crippen LogP contribution in [0, 0.1) is 0 Å². The molecule has 1 aliphatic carbocycles. The summed E-state index contributed by atoms with van der Waals surface area (Å²) in [6.45, 7) is 0. The zero-order valence-corrected chi connectivity index (χ0v) is 14.2. The highest BCUT2D eigenvalue weighted by atomic mass is 32.2. The van der Waals surface area contributed by atoms with Gasteiger partial charge in [0.15, 0.2) is 5.16 Å². The van der Waals surface area contributed by atoms with Crippen molar-refractivity contribution in [3.8, 4) is 5.69 Å². The molecule has 0 atom stereocenters. The Morgan fingerprint density at radius 3 is 2.74 bits per heavy atom. The van der Waals surface area contributed by atoms with Gasteiger partial charge in [-0.3, -0.25) is 9.36 Å². The predicted octanol–water partition coefficient (Wildman–Crippen LogP) is 3.15. The van der Waals surface area contributed by atoms with Gasteiger partial charge in [0.25, 0.3) is 0 Å². The molecule has 6 heteroatoms. The SMILES string of the molecule is CN(C(=O)CSc1nncn1-c1ccccc1)C1CCCCC1. The third-order valence-corrected chi connectivity index (χ3v) is 5.32. The first-order chi connectivity index (χ1) is 11.3. The van der Waals surface area contributed by atoms with E-state index in [4.69, 9.17) is 0 Å². The van der Waals surface area contributed by atoms with Gasteiger partial charge in [0, 0.05) is 18.8 Å². The van der Waals surface area contributed by atoms with Crippen LogP contribution in [0.1, 0.15) is 32.1 Å². The fourth-order valence-electron chi connectivity index (χ4n) is 2.99. The highest BCUT2D eigenvalue weighted by Crippen LogP contribution is 2.24. The van der Waals surface area contributed by atoms with Crippen LogP contribution in [0.3, 0.4) is 0 Å². The number of benzene rings is 1. The number of amides is 1. The minimum Gasteiger partial charge on any atom is -0.342 e. The van der Waals surface area contributed by atoms with Crippen LogP contribution in [-0.2, 0) is 4.79 Å². The van der Waals surface area contributed by atoms with Crippen molar-refractivity contribution in [2.45, 2.75) is 43.3 Å². The maximum atomic E-state index is 12.4. The number of carbonyl (C=O) groups is 1. The lowest BCUT2D eigenvalue weighted by Crippen LogP contribution is -2.39. The van der Waals surface area contributed by atoms with Gasteiger partial charge >= 0.3 is 0 Å². The summed E-state index contributed by atoms with van der Waals surface area (Å²) in [7, 11) is 1.93. The summed E-state index contributed by atoms with van der Waals surface area (Å²) in [6.07, 6.45) is 7.72. The maximum absolute atomic E-state index is 12.4. The average Bonchev–Trinajstić information content (AvgIpc) is 3.09. The van der Waals surface area contributed by atoms with Gasteiger partial charge in [-0.05, 0) is 25.0 Å². The molecule has 3 rings (SSSR count). The van der Waals surface area contributed by atoms with Crippen molar-refractivity contribution in [3.63, 3.8) is 0 Å². The van der Waals surface area contributed by atoms with Gasteiger partial charge in [0.1, 0.15) is 6.33 Å². The molecule has 5 nitrogen and oxygen atoms in total. The van der Waals surface area contributed by atoms with E-state index >= 15 is 0 Å². The summed E-state index contributed by atoms with van der Waals surface area (Å²) in [5.41, 5.74) is 1.01. The lowest BCUT2D eigenvalue weighted by molar-refractivity contribution is -0.129. The zero-order valence-electron chi connectivity index (χ0n) is 13.4. The van der Waals surface area contributed by atoms with E-state index in [0.717, 1.165) is 23.7 Å². The highest BCUT2D eigenvalue weighted by Gasteiger charge is 2.22. The van der Waals surface area contributed by atoms with Crippen LogP contribution in [-0.4, -0.2) is 44.4 Å². The van der Waals surface area contributed by atoms with E-state index in [-0.39, 0.29) is 5.91 Å². The van der Waals surface area contributed by atoms with E-state index in [1.165, 1.54) is 31.0 Å². The van der Waals surface area contributed by atoms with E-state index in [9.17, 15) is 4.79 Å². The molecule has 1 saturated carbocycles. The van der Waals surface area contributed by atoms with Crippen molar-refractivity contribution in [1.82, 2.24) is 19.7 Å². The monoisotopic (exact) mass is 330 g/mol. The average molecular weight is 330 g/mol. The van der Waals surface area contributed by atoms with Crippen molar-refractivity contribution < 1.29 is 4.79 Å². The van der Waals surface area contributed by atoms with Gasteiger partial charge in [-0.1, -0.05) is 49.2 Å². The lowest BCUT2D eigenvalue weighted by atomic mass is 9.94. The predicted molar refractivity (Wildman–Crippen MR) is 91.7 cm³/mol. The maximum Gasteiger partial charge on any atom is 0.233 e. The third-order valence-electron chi connectivity index (χ3n) is 4.39. The largest absolute Gasteiger partial charge is 0.342 e. The molecule has 1 amide bonds. The fraction of sp³-hybridized carbons (Fsp3) is 0.471. The summed E-state index contributed by atoms with van der Waals surface area (Å²) in [4.78, 5) is 14.4. The molecule has 2 aromatic rings. The number of carbonyl (C=O) groups excluding carboxylic acids is 1. The first kappa shape index (κ1) is 16.1. The smallest absolute Gasteiger partial charge is 0.233 e. The van der Waals surface area contributed by atoms with Gasteiger partial charge in [-0.2, -0.15) is 0 Å². The van der Waals surface area contributed by atoms with E-state index in [1.807, 2.05) is 46.8 Å². The van der Waals surface area contributed by atoms with Crippen LogP contribution in [0.15, 0.2) is 41.8 Å². The number of nitrogens with zero attached hydrogens (tertiary/aromatic N) is 4. The Morgan fingerprint density at radius 2 is 2.00 bits per heavy atom. The molecule has 1 aromatic heterocycles. The summed E-state index contributed by atoms with van der Waals surface area (Å²) in [6, 6.07) is 10.3. The number of aromatic nitrogens is 3. The molecule has 0 spiro atoms. The van der Waals surface area contributed by atoms with Crippen LogP contribution in [0.25, 0.3) is 5.69 Å². The third kappa shape index (κ3) is 3.93. The second-order valence-electron chi connectivity index (χ2n) is 5.90. The Morgan fingerprint density at radius 1 is 1.26 bits per heavy atom. The standard InChI is InChI=1S/C17H22N4OS/c1-20(14-8-4-2-5-9-14)16(22)12-23-17-19-18-13-21(17)15-10-6-3-7-11-15/h3,6-7,10-11,13-14H,2,4-5,8-9,12H2,1H3. The van der Waals surface area contributed by atoms with Gasteiger partial charge < -0.3 is 4.90 Å². The quantitative estimate of drug-likeness (QED) is 0.790. The molecule has 23 heavy (non-hydrogen) atoms. The molecule has 1 fully saturated rings. The Hall–Kier alpha value is -1.82. The van der Waals surface area contributed by atoms with Gasteiger partial charge in [0.05, 0.1) is 5.75 Å². The Balaban J connectivity index is 1.60. The Labute approximate surface area is 141 Å². The Bertz CT molecular complexity index is 637. The van der Waals surface area contributed by atoms with E-state index in [0.29, 0.717) is 11.8 Å². The molecule has 1 heterocycles. The molecular weight excluding hydrogens is 308 g/mol. The van der Waals surface area contributed by atoms with Gasteiger partial charge in [-0.25, -0.2) is 0 Å². The fourth-order valence-corrected chi connectivity index (χ4v) is 3.84. The molecule has 0 bridgehead atoms. The summed E-state index contributed by atoms with van der Waals surface area (Å²) in [5.74, 6) is 0.572. The molecule has 1 aliphatic rings. The minimum absolute atomic E-state index is 0.171. The van der Waals surface area contributed by atoms with E-state index in [1.54, 1.807) is 6.33 Å². The van der Waals surface area contributed by atoms with Crippen LogP contribution >= 0.6 is 11.8 Å². The second-order valence-corrected chi connectivity index (χ2v) is 6.85. The zero-order chi connectivity index (χ0) is 16.1. The summed E-state index contributed by atoms with van der Waals surface area (Å²) in [5, 5.41) is 8.87. The van der Waals surface area contributed by atoms with Crippen molar-refractivity contribution in [2.75, 3.05) is 12.8 Å². The van der Waals surface area contributed by atoms with Crippen molar-refractivity contribution >= 4 is 17.7 Å². The molecule has 0 N–H and O–H groups in total. The molecule has 0 unspecified atom stereocenters. The van der Waals surface area contributed by atoms with Crippen LogP contribution in [0.4, 0.5) is 0 Å². The molecule has 0 saturated heterocycles. The van der Waals surface area contributed by atoms with Gasteiger partial charge in [-0.15, -0.1) is 10.2 Å². The summed E-state index contributed by atoms with van der Waals surface area (Å²) >= 11 is 1.45. The van der Waals surface area contributed by atoms with Crippen LogP contribution in [0.5, 0.6) is 0 Å². The first-order valence-corrected chi connectivity index (χ1v) is 9.08. The molecular formula is C17H22N4OS. The highest BCUT2D eigenvalue weighted by molar-refractivity contribution is 7.99. The first-order valence-electron chi connectivity index (χ1n) is 8.09. The molecule has 0 radical (unpaired) electrons. The molecule has 0 aliphatic heterocycles. The summed E-state index contributed by atoms with van der Waals surface area (Å²) < 4.78 is 1.92. The van der Waals surface area contributed by atoms with Gasteiger partial charge in [0.2, 0.25) is 5.91 Å². The minimum atomic E-state index is 0.171. The number of hydrogen-bond acceptors (Lipinski definition) is 4. The topological polar surface area (TPSA) is 51.0 Å². The van der Waals surface area contributed by atoms with E-state index < -0.39 is 0 Å². The normalized spacial score (nSPS) is 15.5. The number of para-hydroxylation sites is 1. The second kappa shape index (κ2) is 7.64. The van der Waals surface area contributed by atoms with E-state index in [2.05, 4.69) is 10.2 Å². The molecule has 122 valence electrons. The van der Waals surface area contributed by atoms with Crippen molar-refractivity contribution in [1.29, 1.82) is 0 Å².